The predicted molar refractivity (Wildman–Crippen MR) is 59.4 cm³/mol. The molecule has 0 amide bonds. The fourth-order valence-electron chi connectivity index (χ4n) is 2.06. The minimum absolute atomic E-state index is 0. The zero-order chi connectivity index (χ0) is 7.68. The maximum atomic E-state index is 7.44. The van der Waals surface area contributed by atoms with Gasteiger partial charge in [-0.05, 0) is 12.8 Å². The number of nitrogens with one attached hydrogen (secondary N) is 3. The number of amidine groups is 1. The van der Waals surface area contributed by atoms with Gasteiger partial charge in [0.2, 0.25) is 0 Å². The number of piperazine rings is 1. The highest BCUT2D eigenvalue weighted by atomic mass is 35.5. The van der Waals surface area contributed by atoms with Crippen LogP contribution < -0.4 is 10.6 Å². The number of fused-ring (bicyclic) bond motifs is 1. The highest BCUT2D eigenvalue weighted by Gasteiger charge is 2.28. The van der Waals surface area contributed by atoms with Crippen LogP contribution in [0.1, 0.15) is 25.7 Å². The van der Waals surface area contributed by atoms with Crippen LogP contribution in [-0.2, 0) is 0 Å². The van der Waals surface area contributed by atoms with Crippen LogP contribution >= 0.6 is 24.8 Å². The van der Waals surface area contributed by atoms with Gasteiger partial charge in [-0.3, -0.25) is 5.41 Å². The highest BCUT2D eigenvalue weighted by molar-refractivity contribution is 5.85. The third kappa shape index (κ3) is 3.01. The van der Waals surface area contributed by atoms with E-state index < -0.39 is 0 Å². The Morgan fingerprint density at radius 3 is 2.38 bits per heavy atom. The molecular weight excluding hydrogens is 209 g/mol. The van der Waals surface area contributed by atoms with Gasteiger partial charge < -0.3 is 10.6 Å². The third-order valence-electron chi connectivity index (χ3n) is 2.67. The Bertz CT molecular complexity index is 175. The minimum atomic E-state index is 0. The van der Waals surface area contributed by atoms with E-state index in [1.165, 1.54) is 25.7 Å². The van der Waals surface area contributed by atoms with Crippen molar-refractivity contribution in [2.24, 2.45) is 0 Å². The van der Waals surface area contributed by atoms with Crippen molar-refractivity contribution in [2.75, 3.05) is 6.54 Å². The van der Waals surface area contributed by atoms with E-state index >= 15 is 0 Å². The van der Waals surface area contributed by atoms with Gasteiger partial charge in [0.05, 0.1) is 6.54 Å². The molecule has 1 saturated carbocycles. The molecule has 2 aliphatic rings. The second-order valence-corrected chi connectivity index (χ2v) is 3.50. The summed E-state index contributed by atoms with van der Waals surface area (Å²) in [7, 11) is 0. The van der Waals surface area contributed by atoms with Crippen LogP contribution in [0.25, 0.3) is 0 Å². The highest BCUT2D eigenvalue weighted by Crippen LogP contribution is 2.19. The maximum Gasteiger partial charge on any atom is 0.108 e. The van der Waals surface area contributed by atoms with Crippen molar-refractivity contribution < 1.29 is 0 Å². The standard InChI is InChI=1S/C8H15N3.2ClH/c9-8-5-10-6-3-1-2-4-7(6)11-8;;/h6-7,10H,1-5H2,(H2,9,11);2*1H. The molecule has 0 bridgehead atoms. The van der Waals surface area contributed by atoms with Gasteiger partial charge in [-0.2, -0.15) is 0 Å². The topological polar surface area (TPSA) is 47.9 Å². The summed E-state index contributed by atoms with van der Waals surface area (Å²) in [4.78, 5) is 0. The molecule has 78 valence electrons. The van der Waals surface area contributed by atoms with Crippen molar-refractivity contribution in [3.63, 3.8) is 0 Å². The van der Waals surface area contributed by atoms with E-state index in [-0.39, 0.29) is 24.8 Å². The second kappa shape index (κ2) is 5.68. The molecule has 2 unspecified atom stereocenters. The molecule has 1 heterocycles. The van der Waals surface area contributed by atoms with Crippen LogP contribution in [0.15, 0.2) is 0 Å². The summed E-state index contributed by atoms with van der Waals surface area (Å²) in [6, 6.07) is 1.18. The minimum Gasteiger partial charge on any atom is -0.369 e. The van der Waals surface area contributed by atoms with Crippen molar-refractivity contribution in [1.29, 1.82) is 5.41 Å². The molecule has 1 aliphatic heterocycles. The summed E-state index contributed by atoms with van der Waals surface area (Å²) in [5.74, 6) is 0.660. The lowest BCUT2D eigenvalue weighted by molar-refractivity contribution is 0.299. The summed E-state index contributed by atoms with van der Waals surface area (Å²) in [5.41, 5.74) is 0. The molecule has 0 radical (unpaired) electrons. The quantitative estimate of drug-likeness (QED) is 0.583. The fourth-order valence-corrected chi connectivity index (χ4v) is 2.06. The monoisotopic (exact) mass is 225 g/mol. The maximum absolute atomic E-state index is 7.44. The van der Waals surface area contributed by atoms with Crippen LogP contribution in [-0.4, -0.2) is 24.5 Å². The van der Waals surface area contributed by atoms with Crippen LogP contribution in [0.4, 0.5) is 0 Å². The second-order valence-electron chi connectivity index (χ2n) is 3.50. The first kappa shape index (κ1) is 13.0. The molecule has 0 aromatic carbocycles. The third-order valence-corrected chi connectivity index (χ3v) is 2.67. The van der Waals surface area contributed by atoms with Crippen LogP contribution in [0, 0.1) is 5.41 Å². The van der Waals surface area contributed by atoms with Gasteiger partial charge >= 0.3 is 0 Å². The van der Waals surface area contributed by atoms with E-state index in [9.17, 15) is 0 Å². The van der Waals surface area contributed by atoms with E-state index in [2.05, 4.69) is 10.6 Å². The van der Waals surface area contributed by atoms with Crippen molar-refractivity contribution >= 4 is 30.6 Å². The average Bonchev–Trinajstić information content (AvgIpc) is 2.04. The van der Waals surface area contributed by atoms with Crippen molar-refractivity contribution in [2.45, 2.75) is 37.8 Å². The van der Waals surface area contributed by atoms with E-state index in [4.69, 9.17) is 5.41 Å². The first-order valence-corrected chi connectivity index (χ1v) is 4.43. The summed E-state index contributed by atoms with van der Waals surface area (Å²) >= 11 is 0. The average molecular weight is 226 g/mol. The smallest absolute Gasteiger partial charge is 0.108 e. The van der Waals surface area contributed by atoms with Crippen molar-refractivity contribution in [1.82, 2.24) is 10.6 Å². The predicted octanol–water partition coefficient (Wildman–Crippen LogP) is 1.31. The van der Waals surface area contributed by atoms with E-state index in [1.54, 1.807) is 0 Å². The van der Waals surface area contributed by atoms with Gasteiger partial charge in [0, 0.05) is 12.1 Å². The van der Waals surface area contributed by atoms with Gasteiger partial charge in [0.15, 0.2) is 0 Å². The van der Waals surface area contributed by atoms with Crippen LogP contribution in [0.3, 0.4) is 0 Å². The number of halogens is 2. The Morgan fingerprint density at radius 2 is 1.69 bits per heavy atom. The molecule has 3 N–H and O–H groups in total. The lowest BCUT2D eigenvalue weighted by Crippen LogP contribution is -2.59. The molecule has 1 aliphatic carbocycles. The van der Waals surface area contributed by atoms with Crippen molar-refractivity contribution in [3.8, 4) is 0 Å². The molecule has 1 saturated heterocycles. The van der Waals surface area contributed by atoms with Gasteiger partial charge in [0.1, 0.15) is 5.84 Å². The van der Waals surface area contributed by atoms with E-state index in [0.29, 0.717) is 17.9 Å². The molecule has 2 fully saturated rings. The molecule has 5 heteroatoms. The molecule has 2 atom stereocenters. The molecular formula is C8H17Cl2N3. The summed E-state index contributed by atoms with van der Waals surface area (Å²) < 4.78 is 0. The zero-order valence-corrected chi connectivity index (χ0v) is 9.14. The summed E-state index contributed by atoms with van der Waals surface area (Å²) in [6.07, 6.45) is 5.19. The van der Waals surface area contributed by atoms with E-state index in [1.807, 2.05) is 0 Å². The largest absolute Gasteiger partial charge is 0.369 e. The van der Waals surface area contributed by atoms with Crippen LogP contribution in [0.2, 0.25) is 0 Å². The van der Waals surface area contributed by atoms with Crippen LogP contribution in [0.5, 0.6) is 0 Å². The summed E-state index contributed by atoms with van der Waals surface area (Å²) in [6.45, 7) is 0.737. The Labute approximate surface area is 91.4 Å². The first-order valence-electron chi connectivity index (χ1n) is 4.43. The van der Waals surface area contributed by atoms with Gasteiger partial charge in [-0.15, -0.1) is 24.8 Å². The van der Waals surface area contributed by atoms with Gasteiger partial charge in [-0.1, -0.05) is 12.8 Å². The lowest BCUT2D eigenvalue weighted by atomic mass is 9.89. The lowest BCUT2D eigenvalue weighted by Gasteiger charge is -2.37. The first-order chi connectivity index (χ1) is 5.36. The molecule has 2 rings (SSSR count). The Hall–Kier alpha value is 0.01000. The van der Waals surface area contributed by atoms with Gasteiger partial charge in [0.25, 0.3) is 0 Å². The summed E-state index contributed by atoms with van der Waals surface area (Å²) in [5, 5.41) is 14.1. The number of hydrogen-bond acceptors (Lipinski definition) is 2. The zero-order valence-electron chi connectivity index (χ0n) is 7.51. The SMILES string of the molecule is Cl.Cl.N=C1CNC2CCCCC2N1. The fraction of sp³-hybridized carbons (Fsp3) is 0.875. The normalized spacial score (nSPS) is 31.8. The molecule has 0 spiro atoms. The molecule has 3 nitrogen and oxygen atoms in total. The van der Waals surface area contributed by atoms with E-state index in [0.717, 1.165) is 6.54 Å². The Morgan fingerprint density at radius 1 is 1.08 bits per heavy atom. The van der Waals surface area contributed by atoms with Crippen molar-refractivity contribution in [3.05, 3.63) is 0 Å². The number of rotatable bonds is 0. The number of hydrogen-bond donors (Lipinski definition) is 3. The molecule has 0 aromatic heterocycles. The van der Waals surface area contributed by atoms with Gasteiger partial charge in [-0.25, -0.2) is 0 Å². The Balaban J connectivity index is 0.000000720. The Kier molecular flexibility index (Phi) is 5.68. The molecule has 0 aromatic rings. The molecule has 13 heavy (non-hydrogen) atoms.